The molecule has 1 amide bonds. The molecule has 0 saturated heterocycles. The van der Waals surface area contributed by atoms with Crippen LogP contribution in [0.4, 0.5) is 0 Å². The Hall–Kier alpha value is -1.01. The van der Waals surface area contributed by atoms with Gasteiger partial charge in [0, 0.05) is 15.4 Å². The zero-order valence-electron chi connectivity index (χ0n) is 11.8. The Morgan fingerprint density at radius 1 is 1.38 bits per heavy atom. The van der Waals surface area contributed by atoms with E-state index in [4.69, 9.17) is 4.74 Å². The SMILES string of the molecule is C[C@H](NC(=O)COC(=O)CSc1ccc(Br)cc1)C1CC1. The van der Waals surface area contributed by atoms with Crippen LogP contribution in [-0.4, -0.2) is 30.3 Å². The third kappa shape index (κ3) is 6.09. The van der Waals surface area contributed by atoms with Gasteiger partial charge in [-0.2, -0.15) is 0 Å². The molecule has 4 nitrogen and oxygen atoms in total. The number of hydrogen-bond donors (Lipinski definition) is 1. The van der Waals surface area contributed by atoms with Crippen LogP contribution in [0.5, 0.6) is 0 Å². The van der Waals surface area contributed by atoms with Gasteiger partial charge in [0.2, 0.25) is 0 Å². The number of ether oxygens (including phenoxy) is 1. The number of halogens is 1. The molecule has 2 rings (SSSR count). The van der Waals surface area contributed by atoms with Crippen molar-refractivity contribution >= 4 is 39.6 Å². The normalized spacial score (nSPS) is 15.3. The van der Waals surface area contributed by atoms with E-state index in [1.165, 1.54) is 24.6 Å². The van der Waals surface area contributed by atoms with Crippen molar-refractivity contribution < 1.29 is 14.3 Å². The van der Waals surface area contributed by atoms with E-state index < -0.39 is 0 Å². The van der Waals surface area contributed by atoms with E-state index in [9.17, 15) is 9.59 Å². The molecule has 0 spiro atoms. The van der Waals surface area contributed by atoms with E-state index in [1.807, 2.05) is 31.2 Å². The summed E-state index contributed by atoms with van der Waals surface area (Å²) in [5.74, 6) is 0.193. The number of carbonyl (C=O) groups excluding carboxylic acids is 2. The van der Waals surface area contributed by atoms with Crippen LogP contribution in [0, 0.1) is 5.92 Å². The molecule has 0 aromatic heterocycles. The lowest BCUT2D eigenvalue weighted by molar-refractivity contribution is -0.146. The van der Waals surface area contributed by atoms with Gasteiger partial charge in [0.1, 0.15) is 0 Å². The summed E-state index contributed by atoms with van der Waals surface area (Å²) in [6, 6.07) is 7.85. The summed E-state index contributed by atoms with van der Waals surface area (Å²) in [5, 5.41) is 2.85. The van der Waals surface area contributed by atoms with Gasteiger partial charge in [0.05, 0.1) is 5.75 Å². The fraction of sp³-hybridized carbons (Fsp3) is 0.467. The maximum absolute atomic E-state index is 11.6. The number of amides is 1. The fourth-order valence-electron chi connectivity index (χ4n) is 1.87. The molecule has 0 aliphatic heterocycles. The Labute approximate surface area is 137 Å². The van der Waals surface area contributed by atoms with Crippen molar-refractivity contribution in [3.8, 4) is 0 Å². The number of nitrogens with one attached hydrogen (secondary N) is 1. The van der Waals surface area contributed by atoms with E-state index in [0.29, 0.717) is 5.92 Å². The van der Waals surface area contributed by atoms with Crippen LogP contribution in [0.1, 0.15) is 19.8 Å². The van der Waals surface area contributed by atoms with E-state index in [-0.39, 0.29) is 30.3 Å². The summed E-state index contributed by atoms with van der Waals surface area (Å²) < 4.78 is 5.97. The zero-order valence-corrected chi connectivity index (χ0v) is 14.2. The molecule has 1 saturated carbocycles. The monoisotopic (exact) mass is 371 g/mol. The Kier molecular flexibility index (Phi) is 6.11. The predicted molar refractivity (Wildman–Crippen MR) is 86.2 cm³/mol. The molecule has 0 bridgehead atoms. The van der Waals surface area contributed by atoms with E-state index in [2.05, 4.69) is 21.2 Å². The number of esters is 1. The van der Waals surface area contributed by atoms with Crippen LogP contribution in [0.25, 0.3) is 0 Å². The van der Waals surface area contributed by atoms with Crippen LogP contribution in [0.3, 0.4) is 0 Å². The van der Waals surface area contributed by atoms with Crippen LogP contribution in [-0.2, 0) is 14.3 Å². The van der Waals surface area contributed by atoms with E-state index >= 15 is 0 Å². The Morgan fingerprint density at radius 3 is 2.67 bits per heavy atom. The molecule has 1 fully saturated rings. The summed E-state index contributed by atoms with van der Waals surface area (Å²) in [7, 11) is 0. The maximum atomic E-state index is 11.6. The standard InChI is InChI=1S/C15H18BrNO3S/c1-10(11-2-3-11)17-14(18)8-20-15(19)9-21-13-6-4-12(16)5-7-13/h4-7,10-11H,2-3,8-9H2,1H3,(H,17,18)/t10-/m0/s1. The highest BCUT2D eigenvalue weighted by atomic mass is 79.9. The second-order valence-corrected chi connectivity index (χ2v) is 7.06. The van der Waals surface area contributed by atoms with Crippen LogP contribution >= 0.6 is 27.7 Å². The molecule has 1 aromatic rings. The van der Waals surface area contributed by atoms with Gasteiger partial charge in [-0.15, -0.1) is 11.8 Å². The first kappa shape index (κ1) is 16.4. The summed E-state index contributed by atoms with van der Waals surface area (Å²) >= 11 is 4.75. The van der Waals surface area contributed by atoms with Crippen LogP contribution in [0.2, 0.25) is 0 Å². The first-order valence-electron chi connectivity index (χ1n) is 6.88. The number of benzene rings is 1. The highest BCUT2D eigenvalue weighted by molar-refractivity contribution is 9.10. The Bertz CT molecular complexity index is 502. The molecule has 0 heterocycles. The maximum Gasteiger partial charge on any atom is 0.316 e. The van der Waals surface area contributed by atoms with Crippen LogP contribution < -0.4 is 5.32 Å². The van der Waals surface area contributed by atoms with Gasteiger partial charge in [0.15, 0.2) is 6.61 Å². The molecular weight excluding hydrogens is 354 g/mol. The van der Waals surface area contributed by atoms with Gasteiger partial charge in [0.25, 0.3) is 5.91 Å². The molecule has 1 N–H and O–H groups in total. The second kappa shape index (κ2) is 7.84. The Morgan fingerprint density at radius 2 is 2.05 bits per heavy atom. The predicted octanol–water partition coefficient (Wildman–Crippen LogP) is 3.00. The third-order valence-electron chi connectivity index (χ3n) is 3.25. The van der Waals surface area contributed by atoms with Crippen LogP contribution in [0.15, 0.2) is 33.6 Å². The molecular formula is C15H18BrNO3S. The minimum atomic E-state index is -0.378. The van der Waals surface area contributed by atoms with E-state index in [1.54, 1.807) is 0 Å². The van der Waals surface area contributed by atoms with Crippen molar-refractivity contribution in [2.24, 2.45) is 5.92 Å². The topological polar surface area (TPSA) is 55.4 Å². The number of hydrogen-bond acceptors (Lipinski definition) is 4. The summed E-state index contributed by atoms with van der Waals surface area (Å²) in [4.78, 5) is 24.2. The zero-order chi connectivity index (χ0) is 15.2. The number of carbonyl (C=O) groups is 2. The first-order chi connectivity index (χ1) is 10.0. The second-order valence-electron chi connectivity index (χ2n) is 5.10. The molecule has 1 aliphatic carbocycles. The summed E-state index contributed by atoms with van der Waals surface area (Å²) in [6.45, 7) is 1.79. The quantitative estimate of drug-likeness (QED) is 0.591. The smallest absolute Gasteiger partial charge is 0.316 e. The van der Waals surface area contributed by atoms with Crippen molar-refractivity contribution in [2.75, 3.05) is 12.4 Å². The average molecular weight is 372 g/mol. The highest BCUT2D eigenvalue weighted by Gasteiger charge is 2.28. The summed E-state index contributed by atoms with van der Waals surface area (Å²) in [5.41, 5.74) is 0. The van der Waals surface area contributed by atoms with Gasteiger partial charge in [-0.1, -0.05) is 15.9 Å². The third-order valence-corrected chi connectivity index (χ3v) is 4.77. The lowest BCUT2D eigenvalue weighted by atomic mass is 10.2. The van der Waals surface area contributed by atoms with Crippen molar-refractivity contribution in [2.45, 2.75) is 30.7 Å². The van der Waals surface area contributed by atoms with Crippen molar-refractivity contribution in [3.05, 3.63) is 28.7 Å². The minimum absolute atomic E-state index is 0.174. The van der Waals surface area contributed by atoms with Gasteiger partial charge in [-0.3, -0.25) is 9.59 Å². The van der Waals surface area contributed by atoms with E-state index in [0.717, 1.165) is 9.37 Å². The van der Waals surface area contributed by atoms with Crippen molar-refractivity contribution in [1.82, 2.24) is 5.32 Å². The lowest BCUT2D eigenvalue weighted by Gasteiger charge is -2.12. The Balaban J connectivity index is 1.62. The average Bonchev–Trinajstić information content (AvgIpc) is 3.29. The molecule has 0 radical (unpaired) electrons. The van der Waals surface area contributed by atoms with Gasteiger partial charge < -0.3 is 10.1 Å². The minimum Gasteiger partial charge on any atom is -0.455 e. The molecule has 1 aliphatic rings. The largest absolute Gasteiger partial charge is 0.455 e. The molecule has 6 heteroatoms. The number of rotatable bonds is 7. The molecule has 0 unspecified atom stereocenters. The summed E-state index contributed by atoms with van der Waals surface area (Å²) in [6.07, 6.45) is 2.34. The van der Waals surface area contributed by atoms with Gasteiger partial charge >= 0.3 is 5.97 Å². The lowest BCUT2D eigenvalue weighted by Crippen LogP contribution is -2.37. The number of thioether (sulfide) groups is 1. The molecule has 21 heavy (non-hydrogen) atoms. The first-order valence-corrected chi connectivity index (χ1v) is 8.66. The van der Waals surface area contributed by atoms with Crippen molar-refractivity contribution in [1.29, 1.82) is 0 Å². The van der Waals surface area contributed by atoms with Crippen molar-refractivity contribution in [3.63, 3.8) is 0 Å². The van der Waals surface area contributed by atoms with Gasteiger partial charge in [-0.05, 0) is 49.9 Å². The fourth-order valence-corrected chi connectivity index (χ4v) is 2.83. The highest BCUT2D eigenvalue weighted by Crippen LogP contribution is 2.32. The molecule has 1 aromatic carbocycles. The molecule has 1 atom stereocenters. The van der Waals surface area contributed by atoms with Gasteiger partial charge in [-0.25, -0.2) is 0 Å². The molecule has 114 valence electrons.